The largest absolute Gasteiger partial charge is 0.503 e. The van der Waals surface area contributed by atoms with Crippen LogP contribution in [0, 0.1) is 6.92 Å². The zero-order valence-corrected chi connectivity index (χ0v) is 14.9. The highest BCUT2D eigenvalue weighted by atomic mass is 32.2. The van der Waals surface area contributed by atoms with Gasteiger partial charge >= 0.3 is 0 Å². The molecule has 0 unspecified atom stereocenters. The molecule has 0 aliphatic rings. The first-order valence-electron chi connectivity index (χ1n) is 7.38. The number of rotatable bonds is 5. The maximum Gasteiger partial charge on any atom is 0.271 e. The summed E-state index contributed by atoms with van der Waals surface area (Å²) in [4.78, 5) is 23.9. The second-order valence-corrected chi connectivity index (χ2v) is 6.43. The highest BCUT2D eigenvalue weighted by Crippen LogP contribution is 2.20. The van der Waals surface area contributed by atoms with Crippen LogP contribution in [0.1, 0.15) is 21.7 Å². The molecule has 0 radical (unpaired) electrons. The van der Waals surface area contributed by atoms with Crippen LogP contribution in [0.5, 0.6) is 5.75 Å². The standard InChI is InChI=1S/C16H19N3O5S/c1-10-5-4-6-11(7-10)19(25(23)24)9-12-8-13(20)15(21)14(18(12)3)16(22)17-2/h4-8,21,25H,9H2,1-3H3,(H,17,22). The van der Waals surface area contributed by atoms with Crippen LogP contribution >= 0.6 is 0 Å². The van der Waals surface area contributed by atoms with Crippen molar-refractivity contribution in [3.05, 3.63) is 57.5 Å². The Morgan fingerprint density at radius 1 is 1.32 bits per heavy atom. The number of nitrogens with one attached hydrogen (secondary N) is 1. The molecule has 1 heterocycles. The molecule has 0 saturated heterocycles. The fourth-order valence-corrected chi connectivity index (χ4v) is 3.02. The van der Waals surface area contributed by atoms with Gasteiger partial charge in [0.2, 0.25) is 16.3 Å². The summed E-state index contributed by atoms with van der Waals surface area (Å²) in [5, 5.41) is 12.2. The Hall–Kier alpha value is -2.81. The predicted octanol–water partition coefficient (Wildman–Crippen LogP) is 0.292. The van der Waals surface area contributed by atoms with Gasteiger partial charge in [0, 0.05) is 25.9 Å². The van der Waals surface area contributed by atoms with Crippen LogP contribution in [0.4, 0.5) is 5.69 Å². The lowest BCUT2D eigenvalue weighted by Gasteiger charge is -2.21. The molecule has 134 valence electrons. The van der Waals surface area contributed by atoms with Crippen molar-refractivity contribution in [1.82, 2.24) is 9.88 Å². The van der Waals surface area contributed by atoms with Gasteiger partial charge in [-0.2, -0.15) is 0 Å². The van der Waals surface area contributed by atoms with E-state index in [2.05, 4.69) is 5.32 Å². The Labute approximate surface area is 146 Å². The molecule has 2 N–H and O–H groups in total. The summed E-state index contributed by atoms with van der Waals surface area (Å²) in [7, 11) is -0.134. The van der Waals surface area contributed by atoms with E-state index in [0.717, 1.165) is 15.9 Å². The second kappa shape index (κ2) is 7.39. The van der Waals surface area contributed by atoms with E-state index in [9.17, 15) is 23.1 Å². The quantitative estimate of drug-likeness (QED) is 0.660. The minimum Gasteiger partial charge on any atom is -0.503 e. The van der Waals surface area contributed by atoms with Gasteiger partial charge in [-0.25, -0.2) is 8.42 Å². The van der Waals surface area contributed by atoms with E-state index >= 15 is 0 Å². The molecule has 9 heteroatoms. The number of hydrogen-bond donors (Lipinski definition) is 3. The van der Waals surface area contributed by atoms with Crippen LogP contribution in [0.2, 0.25) is 0 Å². The number of pyridine rings is 1. The summed E-state index contributed by atoms with van der Waals surface area (Å²) >= 11 is 0. The number of aryl methyl sites for hydroxylation is 1. The van der Waals surface area contributed by atoms with Gasteiger partial charge in [-0.15, -0.1) is 0 Å². The summed E-state index contributed by atoms with van der Waals surface area (Å²) in [5.41, 5.74) is 0.609. The maximum atomic E-state index is 12.0. The van der Waals surface area contributed by atoms with Crippen molar-refractivity contribution in [2.24, 2.45) is 7.05 Å². The van der Waals surface area contributed by atoms with Crippen LogP contribution in [0.25, 0.3) is 0 Å². The van der Waals surface area contributed by atoms with E-state index in [0.29, 0.717) is 5.69 Å². The molecule has 1 aromatic carbocycles. The number of carbonyl (C=O) groups excluding carboxylic acids is 1. The third-order valence-electron chi connectivity index (χ3n) is 3.77. The van der Waals surface area contributed by atoms with Crippen molar-refractivity contribution in [2.75, 3.05) is 11.4 Å². The molecule has 25 heavy (non-hydrogen) atoms. The van der Waals surface area contributed by atoms with Crippen molar-refractivity contribution in [2.45, 2.75) is 13.5 Å². The van der Waals surface area contributed by atoms with Crippen LogP contribution < -0.4 is 15.1 Å². The summed E-state index contributed by atoms with van der Waals surface area (Å²) in [5.74, 6) is -1.33. The molecule has 0 atom stereocenters. The molecule has 0 fully saturated rings. The van der Waals surface area contributed by atoms with Crippen molar-refractivity contribution in [3.63, 3.8) is 0 Å². The summed E-state index contributed by atoms with van der Waals surface area (Å²) in [6.07, 6.45) is 0. The fraction of sp³-hybridized carbons (Fsp3) is 0.250. The summed E-state index contributed by atoms with van der Waals surface area (Å²) in [6, 6.07) is 8.00. The number of anilines is 1. The van der Waals surface area contributed by atoms with Crippen molar-refractivity contribution in [3.8, 4) is 5.75 Å². The molecule has 1 aromatic heterocycles. The zero-order valence-electron chi connectivity index (χ0n) is 14.0. The van der Waals surface area contributed by atoms with Crippen LogP contribution in [-0.4, -0.2) is 31.0 Å². The Balaban J connectivity index is 2.56. The highest BCUT2D eigenvalue weighted by molar-refractivity contribution is 7.74. The topological polar surface area (TPSA) is 109 Å². The first-order valence-corrected chi connectivity index (χ1v) is 8.51. The van der Waals surface area contributed by atoms with Gasteiger partial charge in [-0.05, 0) is 24.6 Å². The van der Waals surface area contributed by atoms with Gasteiger partial charge in [-0.1, -0.05) is 12.1 Å². The monoisotopic (exact) mass is 365 g/mol. The Kier molecular flexibility index (Phi) is 5.48. The minimum atomic E-state index is -2.98. The van der Waals surface area contributed by atoms with Crippen molar-refractivity contribution >= 4 is 22.5 Å². The normalized spacial score (nSPS) is 10.7. The lowest BCUT2D eigenvalue weighted by atomic mass is 10.2. The Bertz CT molecular complexity index is 941. The number of hydrogen-bond acceptors (Lipinski definition) is 5. The van der Waals surface area contributed by atoms with Crippen molar-refractivity contribution in [1.29, 1.82) is 0 Å². The van der Waals surface area contributed by atoms with Gasteiger partial charge in [0.15, 0.2) is 11.4 Å². The van der Waals surface area contributed by atoms with E-state index in [1.165, 1.54) is 18.7 Å². The van der Waals surface area contributed by atoms with Gasteiger partial charge in [0.25, 0.3) is 5.91 Å². The van der Waals surface area contributed by atoms with Crippen LogP contribution in [-0.2, 0) is 24.5 Å². The molecular formula is C16H19N3O5S. The molecule has 8 nitrogen and oxygen atoms in total. The zero-order chi connectivity index (χ0) is 18.7. The van der Waals surface area contributed by atoms with Gasteiger partial charge in [0.1, 0.15) is 0 Å². The van der Waals surface area contributed by atoms with Gasteiger partial charge in [-0.3, -0.25) is 13.9 Å². The third kappa shape index (κ3) is 3.82. The average molecular weight is 365 g/mol. The molecule has 2 aromatic rings. The molecule has 0 saturated carbocycles. The van der Waals surface area contributed by atoms with Crippen LogP contribution in [0.15, 0.2) is 35.1 Å². The van der Waals surface area contributed by atoms with E-state index in [1.54, 1.807) is 18.2 Å². The van der Waals surface area contributed by atoms with E-state index < -0.39 is 28.0 Å². The molecule has 2 rings (SSSR count). The first-order chi connectivity index (χ1) is 11.8. The Morgan fingerprint density at radius 2 is 2.00 bits per heavy atom. The molecular weight excluding hydrogens is 346 g/mol. The first kappa shape index (κ1) is 18.5. The number of benzene rings is 1. The molecule has 0 aliphatic heterocycles. The number of carbonyl (C=O) groups is 1. The van der Waals surface area contributed by atoms with Crippen LogP contribution in [0.3, 0.4) is 0 Å². The molecule has 0 spiro atoms. The van der Waals surface area contributed by atoms with Gasteiger partial charge in [0.05, 0.1) is 12.2 Å². The molecule has 1 amide bonds. The van der Waals surface area contributed by atoms with E-state index in [4.69, 9.17) is 0 Å². The number of aromatic nitrogens is 1. The molecule has 0 bridgehead atoms. The van der Waals surface area contributed by atoms with Gasteiger partial charge < -0.3 is 15.0 Å². The third-order valence-corrected chi connectivity index (χ3v) is 4.54. The van der Waals surface area contributed by atoms with Crippen molar-refractivity contribution < 1.29 is 18.3 Å². The summed E-state index contributed by atoms with van der Waals surface area (Å²) in [6.45, 7) is 1.68. The maximum absolute atomic E-state index is 12.0. The number of nitrogens with zero attached hydrogens (tertiary/aromatic N) is 2. The van der Waals surface area contributed by atoms with E-state index in [-0.39, 0.29) is 17.9 Å². The number of amides is 1. The fourth-order valence-electron chi connectivity index (χ4n) is 2.45. The molecule has 0 aliphatic carbocycles. The second-order valence-electron chi connectivity index (χ2n) is 5.47. The lowest BCUT2D eigenvalue weighted by molar-refractivity contribution is 0.0950. The highest BCUT2D eigenvalue weighted by Gasteiger charge is 2.20. The van der Waals surface area contributed by atoms with E-state index in [1.807, 2.05) is 13.0 Å². The minimum absolute atomic E-state index is 0.155. The number of thiol groups is 1. The smallest absolute Gasteiger partial charge is 0.271 e. The lowest BCUT2D eigenvalue weighted by Crippen LogP contribution is -2.29. The SMILES string of the molecule is CNC(=O)c1c(O)c(=O)cc(CN(c2cccc(C)c2)[SH](=O)=O)n1C. The number of aromatic hydroxyl groups is 1. The average Bonchev–Trinajstić information content (AvgIpc) is 2.56. The summed E-state index contributed by atoms with van der Waals surface area (Å²) < 4.78 is 25.8. The Morgan fingerprint density at radius 3 is 2.56 bits per heavy atom. The predicted molar refractivity (Wildman–Crippen MR) is 94.4 cm³/mol.